The maximum absolute atomic E-state index is 5.77. The molecule has 0 aromatic heterocycles. The lowest BCUT2D eigenvalue weighted by Crippen LogP contribution is -2.41. The van der Waals surface area contributed by atoms with Gasteiger partial charge in [0.15, 0.2) is 0 Å². The van der Waals surface area contributed by atoms with E-state index in [9.17, 15) is 0 Å². The topological polar surface area (TPSA) is 29.3 Å². The van der Waals surface area contributed by atoms with Gasteiger partial charge in [-0.15, -0.1) is 0 Å². The molecule has 72 valence electrons. The van der Waals surface area contributed by atoms with Crippen LogP contribution in [0.15, 0.2) is 0 Å². The molecule has 1 rings (SSSR count). The summed E-state index contributed by atoms with van der Waals surface area (Å²) in [4.78, 5) is 2.52. The molecule has 0 saturated carbocycles. The molecular formula is C10H22N2. The van der Waals surface area contributed by atoms with Gasteiger partial charge in [-0.05, 0) is 32.2 Å². The van der Waals surface area contributed by atoms with Gasteiger partial charge in [-0.2, -0.15) is 0 Å². The van der Waals surface area contributed by atoms with Gasteiger partial charge in [-0.25, -0.2) is 0 Å². The zero-order valence-electron chi connectivity index (χ0n) is 8.42. The number of piperidine rings is 1. The Labute approximate surface area is 76.1 Å². The summed E-state index contributed by atoms with van der Waals surface area (Å²) in [5, 5.41) is 0. The van der Waals surface area contributed by atoms with E-state index in [0.29, 0.717) is 6.04 Å². The lowest BCUT2D eigenvalue weighted by molar-refractivity contribution is 0.165. The lowest BCUT2D eigenvalue weighted by Gasteiger charge is -2.33. The van der Waals surface area contributed by atoms with Crippen molar-refractivity contribution in [2.45, 2.75) is 39.2 Å². The van der Waals surface area contributed by atoms with E-state index in [1.54, 1.807) is 0 Å². The highest BCUT2D eigenvalue weighted by Gasteiger charge is 2.18. The highest BCUT2D eigenvalue weighted by Crippen LogP contribution is 2.18. The highest BCUT2D eigenvalue weighted by atomic mass is 15.1. The molecule has 1 fully saturated rings. The molecule has 0 spiro atoms. The van der Waals surface area contributed by atoms with Crippen LogP contribution in [-0.2, 0) is 0 Å². The highest BCUT2D eigenvalue weighted by molar-refractivity contribution is 4.73. The summed E-state index contributed by atoms with van der Waals surface area (Å²) >= 11 is 0. The first-order chi connectivity index (χ1) is 5.72. The molecule has 1 aliphatic heterocycles. The Bertz CT molecular complexity index is 123. The van der Waals surface area contributed by atoms with E-state index in [1.807, 2.05) is 0 Å². The molecule has 1 heterocycles. The van der Waals surface area contributed by atoms with Gasteiger partial charge in [-0.3, -0.25) is 0 Å². The molecule has 12 heavy (non-hydrogen) atoms. The van der Waals surface area contributed by atoms with E-state index in [-0.39, 0.29) is 0 Å². The maximum atomic E-state index is 5.77. The SMILES string of the molecule is CCC1CCCN(CC(C)N)C1. The quantitative estimate of drug-likeness (QED) is 0.694. The van der Waals surface area contributed by atoms with Gasteiger partial charge in [0.25, 0.3) is 0 Å². The minimum absolute atomic E-state index is 0.334. The van der Waals surface area contributed by atoms with Crippen molar-refractivity contribution >= 4 is 0 Å². The van der Waals surface area contributed by atoms with Crippen LogP contribution < -0.4 is 5.73 Å². The number of nitrogens with two attached hydrogens (primary N) is 1. The van der Waals surface area contributed by atoms with Crippen molar-refractivity contribution in [2.24, 2.45) is 11.7 Å². The van der Waals surface area contributed by atoms with Crippen molar-refractivity contribution in [3.63, 3.8) is 0 Å². The summed E-state index contributed by atoms with van der Waals surface area (Å²) in [7, 11) is 0. The largest absolute Gasteiger partial charge is 0.327 e. The molecule has 2 heteroatoms. The van der Waals surface area contributed by atoms with E-state index >= 15 is 0 Å². The zero-order chi connectivity index (χ0) is 8.97. The predicted octanol–water partition coefficient (Wildman–Crippen LogP) is 1.46. The monoisotopic (exact) mass is 170 g/mol. The van der Waals surface area contributed by atoms with Gasteiger partial charge in [-0.1, -0.05) is 13.3 Å². The normalized spacial score (nSPS) is 28.8. The molecule has 2 unspecified atom stereocenters. The predicted molar refractivity (Wildman–Crippen MR) is 53.1 cm³/mol. The molecular weight excluding hydrogens is 148 g/mol. The van der Waals surface area contributed by atoms with E-state index in [4.69, 9.17) is 5.73 Å². The van der Waals surface area contributed by atoms with Crippen molar-refractivity contribution in [2.75, 3.05) is 19.6 Å². The van der Waals surface area contributed by atoms with Crippen LogP contribution in [0.1, 0.15) is 33.1 Å². The van der Waals surface area contributed by atoms with Crippen LogP contribution in [0.4, 0.5) is 0 Å². The number of hydrogen-bond acceptors (Lipinski definition) is 2. The van der Waals surface area contributed by atoms with Gasteiger partial charge in [0.2, 0.25) is 0 Å². The molecule has 0 aliphatic carbocycles. The van der Waals surface area contributed by atoms with E-state index < -0.39 is 0 Å². The van der Waals surface area contributed by atoms with E-state index in [2.05, 4.69) is 18.7 Å². The summed E-state index contributed by atoms with van der Waals surface area (Å²) in [6.07, 6.45) is 4.12. The first-order valence-electron chi connectivity index (χ1n) is 5.20. The fourth-order valence-corrected chi connectivity index (χ4v) is 2.06. The summed E-state index contributed by atoms with van der Waals surface area (Å²) in [6.45, 7) is 8.00. The lowest BCUT2D eigenvalue weighted by atomic mass is 9.95. The molecule has 1 saturated heterocycles. The van der Waals surface area contributed by atoms with Gasteiger partial charge in [0.05, 0.1) is 0 Å². The van der Waals surface area contributed by atoms with Gasteiger partial charge in [0.1, 0.15) is 0 Å². The van der Waals surface area contributed by atoms with Crippen LogP contribution >= 0.6 is 0 Å². The molecule has 2 N–H and O–H groups in total. The van der Waals surface area contributed by atoms with Crippen LogP contribution in [0.25, 0.3) is 0 Å². The fraction of sp³-hybridized carbons (Fsp3) is 1.00. The van der Waals surface area contributed by atoms with Crippen molar-refractivity contribution < 1.29 is 0 Å². The molecule has 2 nitrogen and oxygen atoms in total. The second kappa shape index (κ2) is 4.83. The number of likely N-dealkylation sites (tertiary alicyclic amines) is 1. The Morgan fingerprint density at radius 1 is 1.58 bits per heavy atom. The van der Waals surface area contributed by atoms with Crippen LogP contribution in [0, 0.1) is 5.92 Å². The zero-order valence-corrected chi connectivity index (χ0v) is 8.42. The first kappa shape index (κ1) is 10.0. The second-order valence-electron chi connectivity index (χ2n) is 4.15. The first-order valence-corrected chi connectivity index (χ1v) is 5.20. The Hall–Kier alpha value is -0.0800. The molecule has 0 aromatic rings. The van der Waals surface area contributed by atoms with Crippen LogP contribution in [0.5, 0.6) is 0 Å². The standard InChI is InChI=1S/C10H22N2/c1-3-10-5-4-6-12(8-10)7-9(2)11/h9-10H,3-8,11H2,1-2H3. The van der Waals surface area contributed by atoms with Crippen LogP contribution in [0.2, 0.25) is 0 Å². The molecule has 1 aliphatic rings. The molecule has 0 radical (unpaired) electrons. The summed E-state index contributed by atoms with van der Waals surface area (Å²) < 4.78 is 0. The maximum Gasteiger partial charge on any atom is 0.0139 e. The molecule has 2 atom stereocenters. The fourth-order valence-electron chi connectivity index (χ4n) is 2.06. The van der Waals surface area contributed by atoms with E-state index in [0.717, 1.165) is 12.5 Å². The summed E-state index contributed by atoms with van der Waals surface area (Å²) in [6, 6.07) is 0.334. The minimum Gasteiger partial charge on any atom is -0.327 e. The smallest absolute Gasteiger partial charge is 0.0139 e. The van der Waals surface area contributed by atoms with Gasteiger partial charge >= 0.3 is 0 Å². The Morgan fingerprint density at radius 2 is 2.33 bits per heavy atom. The minimum atomic E-state index is 0.334. The third-order valence-corrected chi connectivity index (χ3v) is 2.73. The van der Waals surface area contributed by atoms with Crippen molar-refractivity contribution in [3.05, 3.63) is 0 Å². The Morgan fingerprint density at radius 3 is 2.92 bits per heavy atom. The average molecular weight is 170 g/mol. The van der Waals surface area contributed by atoms with Crippen LogP contribution in [-0.4, -0.2) is 30.6 Å². The van der Waals surface area contributed by atoms with Crippen molar-refractivity contribution in [1.82, 2.24) is 4.90 Å². The summed E-state index contributed by atoms with van der Waals surface area (Å²) in [5.41, 5.74) is 5.77. The average Bonchev–Trinajstić information content (AvgIpc) is 2.03. The Balaban J connectivity index is 2.25. The second-order valence-corrected chi connectivity index (χ2v) is 4.15. The van der Waals surface area contributed by atoms with Gasteiger partial charge in [0, 0.05) is 19.1 Å². The van der Waals surface area contributed by atoms with Crippen molar-refractivity contribution in [3.8, 4) is 0 Å². The van der Waals surface area contributed by atoms with Crippen molar-refractivity contribution in [1.29, 1.82) is 0 Å². The molecule has 0 aromatic carbocycles. The molecule has 0 bridgehead atoms. The number of nitrogens with zero attached hydrogens (tertiary/aromatic N) is 1. The number of rotatable bonds is 3. The molecule has 0 amide bonds. The Kier molecular flexibility index (Phi) is 4.02. The number of hydrogen-bond donors (Lipinski definition) is 1. The van der Waals surface area contributed by atoms with E-state index in [1.165, 1.54) is 32.4 Å². The third kappa shape index (κ3) is 3.11. The third-order valence-electron chi connectivity index (χ3n) is 2.73. The van der Waals surface area contributed by atoms with Gasteiger partial charge < -0.3 is 10.6 Å². The summed E-state index contributed by atoms with van der Waals surface area (Å²) in [5.74, 6) is 0.928. The van der Waals surface area contributed by atoms with Crippen LogP contribution in [0.3, 0.4) is 0 Å².